The summed E-state index contributed by atoms with van der Waals surface area (Å²) in [4.78, 5) is 24.0. The first kappa shape index (κ1) is 19.9. The Labute approximate surface area is 171 Å². The van der Waals surface area contributed by atoms with E-state index in [2.05, 4.69) is 21.2 Å². The van der Waals surface area contributed by atoms with Crippen molar-refractivity contribution in [2.75, 3.05) is 25.1 Å². The normalized spacial score (nSPS) is 12.9. The molecule has 2 aromatic carbocycles. The van der Waals surface area contributed by atoms with Crippen LogP contribution in [0.25, 0.3) is 6.08 Å². The Kier molecular flexibility index (Phi) is 6.36. The van der Waals surface area contributed by atoms with Gasteiger partial charge < -0.3 is 19.5 Å². The minimum Gasteiger partial charge on any atom is -0.490 e. The van der Waals surface area contributed by atoms with Gasteiger partial charge in [-0.1, -0.05) is 6.08 Å². The molecule has 1 N–H and O–H groups in total. The Balaban J connectivity index is 1.82. The lowest BCUT2D eigenvalue weighted by Gasteiger charge is -2.18. The number of nitrogens with one attached hydrogen (secondary N) is 1. The summed E-state index contributed by atoms with van der Waals surface area (Å²) in [5.74, 6) is 1.37. The number of amides is 1. The largest absolute Gasteiger partial charge is 0.490 e. The molecule has 0 saturated carbocycles. The summed E-state index contributed by atoms with van der Waals surface area (Å²) in [5.41, 5.74) is 1.75. The molecule has 28 heavy (non-hydrogen) atoms. The van der Waals surface area contributed by atoms with Crippen molar-refractivity contribution in [2.24, 2.45) is 0 Å². The second kappa shape index (κ2) is 8.93. The van der Waals surface area contributed by atoms with Gasteiger partial charge in [0.1, 0.15) is 5.75 Å². The van der Waals surface area contributed by atoms with Crippen LogP contribution in [0.4, 0.5) is 5.69 Å². The Hall–Kier alpha value is -2.80. The number of hydrogen-bond donors (Lipinski definition) is 1. The van der Waals surface area contributed by atoms with Crippen LogP contribution in [-0.4, -0.2) is 31.5 Å². The van der Waals surface area contributed by atoms with Crippen LogP contribution >= 0.6 is 15.9 Å². The number of rotatable bonds is 7. The van der Waals surface area contributed by atoms with Crippen molar-refractivity contribution in [3.05, 3.63) is 52.0 Å². The summed E-state index contributed by atoms with van der Waals surface area (Å²) in [5, 5.41) is 2.70. The predicted octanol–water partition coefficient (Wildman–Crippen LogP) is 4.47. The smallest absolute Gasteiger partial charge is 0.262 e. The number of benzene rings is 2. The van der Waals surface area contributed by atoms with Crippen LogP contribution in [0.15, 0.2) is 40.9 Å². The molecule has 0 fully saturated rings. The molecule has 0 unspecified atom stereocenters. The topological polar surface area (TPSA) is 73.9 Å². The van der Waals surface area contributed by atoms with Gasteiger partial charge in [-0.3, -0.25) is 9.59 Å². The highest BCUT2D eigenvalue weighted by molar-refractivity contribution is 9.10. The van der Waals surface area contributed by atoms with E-state index < -0.39 is 0 Å². The summed E-state index contributed by atoms with van der Waals surface area (Å²) in [6.07, 6.45) is 3.19. The fraction of sp³-hybridized carbons (Fsp3) is 0.238. The van der Waals surface area contributed by atoms with E-state index in [0.29, 0.717) is 41.7 Å². The van der Waals surface area contributed by atoms with Gasteiger partial charge in [0.15, 0.2) is 23.9 Å². The van der Waals surface area contributed by atoms with Gasteiger partial charge in [-0.2, -0.15) is 0 Å². The number of ketones is 1. The monoisotopic (exact) mass is 445 g/mol. The van der Waals surface area contributed by atoms with E-state index >= 15 is 0 Å². The van der Waals surface area contributed by atoms with Gasteiger partial charge in [0.05, 0.1) is 23.4 Å². The van der Waals surface area contributed by atoms with Crippen molar-refractivity contribution in [3.63, 3.8) is 0 Å². The molecule has 1 amide bonds. The van der Waals surface area contributed by atoms with Crippen molar-refractivity contribution in [3.8, 4) is 17.2 Å². The molecule has 7 heteroatoms. The van der Waals surface area contributed by atoms with Crippen molar-refractivity contribution in [1.82, 2.24) is 0 Å². The summed E-state index contributed by atoms with van der Waals surface area (Å²) < 4.78 is 17.3. The van der Waals surface area contributed by atoms with Gasteiger partial charge in [-0.15, -0.1) is 0 Å². The fourth-order valence-corrected chi connectivity index (χ4v) is 3.31. The molecule has 0 spiro atoms. The summed E-state index contributed by atoms with van der Waals surface area (Å²) in [6.45, 7) is 4.80. The Morgan fingerprint density at radius 3 is 2.75 bits per heavy atom. The quantitative estimate of drug-likeness (QED) is 0.502. The van der Waals surface area contributed by atoms with E-state index in [-0.39, 0.29) is 18.3 Å². The first-order chi connectivity index (χ1) is 13.5. The Morgan fingerprint density at radius 2 is 2.00 bits per heavy atom. The number of halogens is 1. The zero-order chi connectivity index (χ0) is 20.1. The van der Waals surface area contributed by atoms with Gasteiger partial charge in [0, 0.05) is 5.56 Å². The van der Waals surface area contributed by atoms with Crippen LogP contribution in [0.5, 0.6) is 17.2 Å². The second-order valence-electron chi connectivity index (χ2n) is 5.94. The highest BCUT2D eigenvalue weighted by Crippen LogP contribution is 2.37. The predicted molar refractivity (Wildman–Crippen MR) is 110 cm³/mol. The third-order valence-corrected chi connectivity index (χ3v) is 4.53. The molecule has 146 valence electrons. The van der Waals surface area contributed by atoms with Crippen molar-refractivity contribution in [2.45, 2.75) is 13.8 Å². The number of hydrogen-bond acceptors (Lipinski definition) is 5. The molecule has 0 atom stereocenters. The first-order valence-electron chi connectivity index (χ1n) is 8.90. The van der Waals surface area contributed by atoms with E-state index in [1.54, 1.807) is 24.3 Å². The molecule has 3 rings (SSSR count). The summed E-state index contributed by atoms with van der Waals surface area (Å²) in [6, 6.07) is 8.64. The van der Waals surface area contributed by atoms with Crippen molar-refractivity contribution < 1.29 is 23.8 Å². The molecule has 1 aliphatic heterocycles. The van der Waals surface area contributed by atoms with Crippen LogP contribution in [0, 0.1) is 0 Å². The standard InChI is InChI=1S/C21H20BrNO5/c1-3-26-19-10-13(9-15(22)21(19)27-4-2)5-7-17(24)14-6-8-18-16(11-14)23-20(25)12-28-18/h5-11H,3-4,12H2,1-2H3,(H,23,25)/b7-5+. The molecule has 0 radical (unpaired) electrons. The number of ether oxygens (including phenoxy) is 3. The average molecular weight is 446 g/mol. The van der Waals surface area contributed by atoms with Gasteiger partial charge in [-0.25, -0.2) is 0 Å². The van der Waals surface area contributed by atoms with Gasteiger partial charge in [0.25, 0.3) is 5.91 Å². The minimum atomic E-state index is -0.240. The molecule has 1 aliphatic rings. The number of carbonyl (C=O) groups excluding carboxylic acids is 2. The molecule has 1 heterocycles. The maximum atomic E-state index is 12.5. The molecule has 6 nitrogen and oxygen atoms in total. The third-order valence-electron chi connectivity index (χ3n) is 3.94. The van der Waals surface area contributed by atoms with Crippen LogP contribution in [0.1, 0.15) is 29.8 Å². The lowest BCUT2D eigenvalue weighted by atomic mass is 10.1. The van der Waals surface area contributed by atoms with Crippen LogP contribution in [-0.2, 0) is 4.79 Å². The highest BCUT2D eigenvalue weighted by atomic mass is 79.9. The van der Waals surface area contributed by atoms with E-state index in [0.717, 1.165) is 10.0 Å². The number of allylic oxidation sites excluding steroid dienone is 1. The first-order valence-corrected chi connectivity index (χ1v) is 9.69. The van der Waals surface area contributed by atoms with Gasteiger partial charge in [0.2, 0.25) is 0 Å². The second-order valence-corrected chi connectivity index (χ2v) is 6.80. The van der Waals surface area contributed by atoms with Gasteiger partial charge in [-0.05, 0) is 71.7 Å². The number of fused-ring (bicyclic) bond motifs is 1. The maximum Gasteiger partial charge on any atom is 0.262 e. The molecule has 2 aromatic rings. The molecular weight excluding hydrogens is 426 g/mol. The number of carbonyl (C=O) groups is 2. The third kappa shape index (κ3) is 4.54. The Bertz CT molecular complexity index is 939. The molecule has 0 aliphatic carbocycles. The number of anilines is 1. The lowest BCUT2D eigenvalue weighted by Crippen LogP contribution is -2.25. The van der Waals surface area contributed by atoms with Crippen LogP contribution in [0.3, 0.4) is 0 Å². The van der Waals surface area contributed by atoms with E-state index in [1.807, 2.05) is 26.0 Å². The zero-order valence-electron chi connectivity index (χ0n) is 15.6. The van der Waals surface area contributed by atoms with E-state index in [1.165, 1.54) is 6.08 Å². The van der Waals surface area contributed by atoms with Gasteiger partial charge >= 0.3 is 0 Å². The minimum absolute atomic E-state index is 0.0189. The lowest BCUT2D eigenvalue weighted by molar-refractivity contribution is -0.118. The summed E-state index contributed by atoms with van der Waals surface area (Å²) >= 11 is 3.49. The van der Waals surface area contributed by atoms with Crippen LogP contribution in [0.2, 0.25) is 0 Å². The molecule has 0 bridgehead atoms. The SMILES string of the molecule is CCOc1cc(/C=C/C(=O)c2ccc3c(c2)NC(=O)CO3)cc(Br)c1OCC. The highest BCUT2D eigenvalue weighted by Gasteiger charge is 2.17. The van der Waals surface area contributed by atoms with E-state index in [9.17, 15) is 9.59 Å². The summed E-state index contributed by atoms with van der Waals surface area (Å²) in [7, 11) is 0. The van der Waals surface area contributed by atoms with Crippen LogP contribution < -0.4 is 19.5 Å². The molecule has 0 saturated heterocycles. The average Bonchev–Trinajstić information content (AvgIpc) is 2.68. The van der Waals surface area contributed by atoms with E-state index in [4.69, 9.17) is 14.2 Å². The maximum absolute atomic E-state index is 12.5. The molecule has 0 aromatic heterocycles. The Morgan fingerprint density at radius 1 is 1.21 bits per heavy atom. The van der Waals surface area contributed by atoms with Crippen molar-refractivity contribution >= 4 is 39.4 Å². The zero-order valence-corrected chi connectivity index (χ0v) is 17.2. The molecular formula is C21H20BrNO5. The van der Waals surface area contributed by atoms with Crippen molar-refractivity contribution in [1.29, 1.82) is 0 Å². The fourth-order valence-electron chi connectivity index (χ4n) is 2.74.